The minimum atomic E-state index is -1.47. The van der Waals surface area contributed by atoms with E-state index < -0.39 is 7.14 Å². The minimum Gasteiger partial charge on any atom is -0.508 e. The lowest BCUT2D eigenvalue weighted by molar-refractivity contribution is 0.476. The number of hydrogen-bond donors (Lipinski definition) is 1. The zero-order valence-electron chi connectivity index (χ0n) is 13.3. The van der Waals surface area contributed by atoms with Crippen molar-refractivity contribution in [2.45, 2.75) is 39.0 Å². The van der Waals surface area contributed by atoms with Gasteiger partial charge in [-0.25, -0.2) is 0 Å². The summed E-state index contributed by atoms with van der Waals surface area (Å²) in [6.45, 7) is 11.7. The van der Waals surface area contributed by atoms with Gasteiger partial charge in [-0.2, -0.15) is 0 Å². The summed E-state index contributed by atoms with van der Waals surface area (Å²) in [4.78, 5) is 0. The molecule has 109 valence electrons. The predicted molar refractivity (Wildman–Crippen MR) is 96.8 cm³/mol. The Kier molecular flexibility index (Phi) is 5.11. The molecule has 1 radical (unpaired) electrons. The Morgan fingerprint density at radius 3 is 2.00 bits per heavy atom. The molecule has 0 aliphatic heterocycles. The molecule has 0 fully saturated rings. The Bertz CT molecular complexity index is 573. The second-order valence-electron chi connectivity index (χ2n) is 6.08. The summed E-state index contributed by atoms with van der Waals surface area (Å²) in [5.74, 6) is 0.336. The van der Waals surface area contributed by atoms with Gasteiger partial charge in [-0.3, -0.25) is 0 Å². The van der Waals surface area contributed by atoms with Gasteiger partial charge >= 0.3 is 7.00 Å². The van der Waals surface area contributed by atoms with E-state index in [1.165, 1.54) is 5.30 Å². The van der Waals surface area contributed by atoms with E-state index in [1.807, 2.05) is 12.1 Å². The zero-order valence-corrected chi connectivity index (χ0v) is 14.2. The fourth-order valence-electron chi connectivity index (χ4n) is 3.10. The molecule has 21 heavy (non-hydrogen) atoms. The average Bonchev–Trinajstić information content (AvgIpc) is 2.45. The van der Waals surface area contributed by atoms with Crippen LogP contribution in [0.3, 0.4) is 0 Å². The third kappa shape index (κ3) is 3.32. The highest BCUT2D eigenvalue weighted by atomic mass is 31.2. The molecule has 0 aliphatic rings. The highest BCUT2D eigenvalue weighted by Crippen LogP contribution is 2.63. The van der Waals surface area contributed by atoms with Crippen molar-refractivity contribution in [3.8, 4) is 5.75 Å². The zero-order chi connectivity index (χ0) is 15.5. The van der Waals surface area contributed by atoms with Crippen molar-refractivity contribution in [1.29, 1.82) is 0 Å². The van der Waals surface area contributed by atoms with E-state index in [4.69, 9.17) is 0 Å². The lowest BCUT2D eigenvalue weighted by atomic mass is 9.94. The maximum absolute atomic E-state index is 9.75. The summed E-state index contributed by atoms with van der Waals surface area (Å²) in [5, 5.41) is 11.2. The first-order chi connectivity index (χ1) is 9.96. The second kappa shape index (κ2) is 6.66. The molecule has 2 aromatic rings. The molecule has 0 bridgehead atoms. The molecular formula is C18H24BOP+. The van der Waals surface area contributed by atoms with Gasteiger partial charge in [0.25, 0.3) is 0 Å². The van der Waals surface area contributed by atoms with Gasteiger partial charge in [0, 0.05) is 7.14 Å². The largest absolute Gasteiger partial charge is 0.508 e. The Morgan fingerprint density at radius 2 is 1.48 bits per heavy atom. The van der Waals surface area contributed by atoms with E-state index in [2.05, 4.69) is 71.1 Å². The van der Waals surface area contributed by atoms with Crippen molar-refractivity contribution in [3.05, 3.63) is 54.6 Å². The van der Waals surface area contributed by atoms with Gasteiger partial charge in [0.15, 0.2) is 0 Å². The molecule has 0 aromatic heterocycles. The maximum atomic E-state index is 9.75. The first kappa shape index (κ1) is 16.1. The molecule has 1 nitrogen and oxygen atoms in total. The van der Waals surface area contributed by atoms with Crippen LogP contribution >= 0.6 is 7.14 Å². The summed E-state index contributed by atoms with van der Waals surface area (Å²) >= 11 is 0. The van der Waals surface area contributed by atoms with Crippen molar-refractivity contribution in [2.75, 3.05) is 0 Å². The Morgan fingerprint density at radius 1 is 0.857 bits per heavy atom. The van der Waals surface area contributed by atoms with Gasteiger partial charge in [0.05, 0.1) is 16.6 Å². The quantitative estimate of drug-likeness (QED) is 0.657. The second-order valence-corrected chi connectivity index (χ2v) is 10.6. The first-order valence-electron chi connectivity index (χ1n) is 7.55. The lowest BCUT2D eigenvalue weighted by Gasteiger charge is -2.34. The lowest BCUT2D eigenvalue weighted by Crippen LogP contribution is -2.35. The molecule has 0 saturated heterocycles. The number of phenols is 1. The molecule has 0 amide bonds. The predicted octanol–water partition coefficient (Wildman–Crippen LogP) is 3.80. The number of phenolic OH excluding ortho intramolecular Hbond substituents is 1. The molecule has 3 heteroatoms. The SMILES string of the molecule is CC(C)[P+]([B]c1cccc(O)c1)(c1ccccc1)C(C)C. The van der Waals surface area contributed by atoms with Crippen LogP contribution in [0, 0.1) is 0 Å². The number of rotatable bonds is 5. The number of benzene rings is 2. The van der Waals surface area contributed by atoms with Crippen LogP contribution < -0.4 is 10.8 Å². The highest BCUT2D eigenvalue weighted by molar-refractivity contribution is 8.08. The van der Waals surface area contributed by atoms with Crippen molar-refractivity contribution < 1.29 is 5.11 Å². The van der Waals surface area contributed by atoms with Crippen LogP contribution in [0.2, 0.25) is 0 Å². The van der Waals surface area contributed by atoms with Crippen molar-refractivity contribution in [2.24, 2.45) is 0 Å². The molecular weight excluding hydrogens is 274 g/mol. The normalized spacial score (nSPS) is 11.9. The van der Waals surface area contributed by atoms with E-state index in [9.17, 15) is 5.11 Å². The number of hydrogen-bond acceptors (Lipinski definition) is 1. The first-order valence-corrected chi connectivity index (χ1v) is 9.55. The molecule has 1 N–H and O–H groups in total. The molecule has 0 unspecified atom stereocenters. The van der Waals surface area contributed by atoms with Gasteiger partial charge in [-0.05, 0) is 57.4 Å². The van der Waals surface area contributed by atoms with Crippen LogP contribution in [0.15, 0.2) is 54.6 Å². The monoisotopic (exact) mass is 298 g/mol. The van der Waals surface area contributed by atoms with Crippen LogP contribution in [0.5, 0.6) is 5.75 Å². The Hall–Kier alpha value is -1.27. The maximum Gasteiger partial charge on any atom is 0.402 e. The molecule has 0 atom stereocenters. The topological polar surface area (TPSA) is 20.2 Å². The Labute approximate surface area is 130 Å². The highest BCUT2D eigenvalue weighted by Gasteiger charge is 2.47. The van der Waals surface area contributed by atoms with Crippen molar-refractivity contribution in [1.82, 2.24) is 0 Å². The van der Waals surface area contributed by atoms with Gasteiger partial charge in [-0.1, -0.05) is 30.3 Å². The molecule has 0 heterocycles. The molecule has 0 saturated carbocycles. The summed E-state index contributed by atoms with van der Waals surface area (Å²) in [5.41, 5.74) is 2.26. The van der Waals surface area contributed by atoms with Crippen LogP contribution in [0.4, 0.5) is 0 Å². The molecule has 2 rings (SSSR count). The fourth-order valence-corrected chi connectivity index (χ4v) is 7.58. The van der Waals surface area contributed by atoms with E-state index in [0.717, 1.165) is 5.46 Å². The van der Waals surface area contributed by atoms with Gasteiger partial charge in [-0.15, -0.1) is 0 Å². The summed E-state index contributed by atoms with van der Waals surface area (Å²) < 4.78 is 0. The minimum absolute atomic E-state index is 0.336. The van der Waals surface area contributed by atoms with Crippen molar-refractivity contribution >= 4 is 24.9 Å². The average molecular weight is 298 g/mol. The summed E-state index contributed by atoms with van der Waals surface area (Å²) in [7, 11) is -1.47. The van der Waals surface area contributed by atoms with Gasteiger partial charge < -0.3 is 5.11 Å². The fraction of sp³-hybridized carbons (Fsp3) is 0.333. The summed E-state index contributed by atoms with van der Waals surface area (Å²) in [6, 6.07) is 18.4. The molecule has 0 spiro atoms. The van der Waals surface area contributed by atoms with Crippen LogP contribution in [-0.4, -0.2) is 23.4 Å². The van der Waals surface area contributed by atoms with Gasteiger partial charge in [0.2, 0.25) is 0 Å². The molecule has 2 aromatic carbocycles. The summed E-state index contributed by atoms with van der Waals surface area (Å²) in [6.07, 6.45) is 0. The van der Waals surface area contributed by atoms with Crippen molar-refractivity contribution in [3.63, 3.8) is 0 Å². The van der Waals surface area contributed by atoms with E-state index in [1.54, 1.807) is 6.07 Å². The van der Waals surface area contributed by atoms with Gasteiger partial charge in [0.1, 0.15) is 5.75 Å². The van der Waals surface area contributed by atoms with E-state index in [0.29, 0.717) is 17.1 Å². The number of aromatic hydroxyl groups is 1. The third-order valence-corrected chi connectivity index (χ3v) is 9.48. The van der Waals surface area contributed by atoms with E-state index >= 15 is 0 Å². The standard InChI is InChI=1S/C18H24BOP/c1-14(2)21(15(3)4,18-11-6-5-7-12-18)19-16-9-8-10-17(20)13-16/h5-15,20H,1-4H3/q+1. The molecule has 0 aliphatic carbocycles. The van der Waals surface area contributed by atoms with Crippen LogP contribution in [-0.2, 0) is 0 Å². The van der Waals surface area contributed by atoms with Crippen LogP contribution in [0.1, 0.15) is 27.7 Å². The van der Waals surface area contributed by atoms with E-state index in [-0.39, 0.29) is 0 Å². The third-order valence-electron chi connectivity index (χ3n) is 4.15. The smallest absolute Gasteiger partial charge is 0.402 e. The van der Waals surface area contributed by atoms with Crippen LogP contribution in [0.25, 0.3) is 0 Å². The Balaban J connectivity index is 2.50.